The number of nitrogens with one attached hydrogen (secondary N) is 1. The number of nitrogens with zero attached hydrogens (tertiary/aromatic N) is 1. The highest BCUT2D eigenvalue weighted by molar-refractivity contribution is 5.87. The third-order valence-electron chi connectivity index (χ3n) is 1.88. The molecule has 1 aromatic heterocycles. The molecule has 1 rings (SSSR count). The van der Waals surface area contributed by atoms with Crippen molar-refractivity contribution in [3.05, 3.63) is 42.2 Å². The van der Waals surface area contributed by atoms with Crippen LogP contribution in [-0.4, -0.2) is 10.9 Å². The number of carbonyl (C=O) groups is 1. The van der Waals surface area contributed by atoms with Crippen LogP contribution < -0.4 is 5.32 Å². The van der Waals surface area contributed by atoms with Crippen LogP contribution in [0.1, 0.15) is 25.5 Å². The quantitative estimate of drug-likeness (QED) is 0.739. The summed E-state index contributed by atoms with van der Waals surface area (Å²) in [6, 6.07) is 3.79. The van der Waals surface area contributed by atoms with Crippen LogP contribution >= 0.6 is 0 Å². The van der Waals surface area contributed by atoms with Gasteiger partial charge in [-0.3, -0.25) is 9.78 Å². The van der Waals surface area contributed by atoms with Crippen LogP contribution in [-0.2, 0) is 4.79 Å². The van der Waals surface area contributed by atoms with Gasteiger partial charge >= 0.3 is 0 Å². The first-order chi connectivity index (χ1) is 6.74. The van der Waals surface area contributed by atoms with E-state index in [1.165, 1.54) is 6.08 Å². The first kappa shape index (κ1) is 10.4. The zero-order valence-electron chi connectivity index (χ0n) is 8.40. The second-order valence-electron chi connectivity index (χ2n) is 3.01. The van der Waals surface area contributed by atoms with Crippen molar-refractivity contribution in [2.75, 3.05) is 0 Å². The molecular formula is C11H14N2O. The Morgan fingerprint density at radius 2 is 2.14 bits per heavy atom. The maximum absolute atomic E-state index is 11.2. The van der Waals surface area contributed by atoms with Crippen LogP contribution in [0.5, 0.6) is 0 Å². The van der Waals surface area contributed by atoms with Gasteiger partial charge in [-0.15, -0.1) is 0 Å². The van der Waals surface area contributed by atoms with Gasteiger partial charge in [0, 0.05) is 12.4 Å². The summed E-state index contributed by atoms with van der Waals surface area (Å²) in [6.45, 7) is 3.76. The van der Waals surface area contributed by atoms with Crippen LogP contribution in [0, 0.1) is 0 Å². The Balaban J connectivity index is 2.59. The van der Waals surface area contributed by atoms with Gasteiger partial charge in [0.25, 0.3) is 0 Å². The van der Waals surface area contributed by atoms with Crippen molar-refractivity contribution in [2.45, 2.75) is 19.9 Å². The molecule has 74 valence electrons. The minimum atomic E-state index is -0.0724. The van der Waals surface area contributed by atoms with Crippen LogP contribution in [0.3, 0.4) is 0 Å². The molecule has 0 unspecified atom stereocenters. The minimum absolute atomic E-state index is 0.0155. The number of hydrogen-bond acceptors (Lipinski definition) is 2. The van der Waals surface area contributed by atoms with Gasteiger partial charge in [-0.2, -0.15) is 0 Å². The normalized spacial score (nSPS) is 12.7. The lowest BCUT2D eigenvalue weighted by Gasteiger charge is -2.11. The lowest BCUT2D eigenvalue weighted by molar-refractivity contribution is -0.117. The number of allylic oxidation sites excluding steroid dienone is 1. The highest BCUT2D eigenvalue weighted by Crippen LogP contribution is 2.09. The van der Waals surface area contributed by atoms with E-state index in [-0.39, 0.29) is 11.9 Å². The van der Waals surface area contributed by atoms with E-state index in [1.54, 1.807) is 18.5 Å². The van der Waals surface area contributed by atoms with Crippen LogP contribution in [0.2, 0.25) is 0 Å². The van der Waals surface area contributed by atoms with Crippen molar-refractivity contribution < 1.29 is 4.79 Å². The van der Waals surface area contributed by atoms with Gasteiger partial charge in [-0.1, -0.05) is 6.08 Å². The van der Waals surface area contributed by atoms with Gasteiger partial charge in [0.15, 0.2) is 0 Å². The number of hydrogen-bond donors (Lipinski definition) is 1. The molecule has 1 aromatic rings. The summed E-state index contributed by atoms with van der Waals surface area (Å²) >= 11 is 0. The van der Waals surface area contributed by atoms with Gasteiger partial charge in [0.1, 0.15) is 0 Å². The molecule has 0 aliphatic rings. The van der Waals surface area contributed by atoms with Crippen LogP contribution in [0.25, 0.3) is 0 Å². The molecule has 0 spiro atoms. The van der Waals surface area contributed by atoms with E-state index in [9.17, 15) is 4.79 Å². The third kappa shape index (κ3) is 3.01. The smallest absolute Gasteiger partial charge is 0.244 e. The van der Waals surface area contributed by atoms with Crippen molar-refractivity contribution >= 4 is 5.91 Å². The summed E-state index contributed by atoms with van der Waals surface area (Å²) in [5.41, 5.74) is 1.05. The molecule has 1 amide bonds. The van der Waals surface area contributed by atoms with Crippen molar-refractivity contribution in [3.63, 3.8) is 0 Å². The lowest BCUT2D eigenvalue weighted by Crippen LogP contribution is -2.24. The molecule has 0 aromatic carbocycles. The Kier molecular flexibility index (Phi) is 3.85. The van der Waals surface area contributed by atoms with Gasteiger partial charge in [-0.05, 0) is 37.6 Å². The van der Waals surface area contributed by atoms with Gasteiger partial charge in [0.2, 0.25) is 5.91 Å². The lowest BCUT2D eigenvalue weighted by atomic mass is 10.1. The number of aromatic nitrogens is 1. The largest absolute Gasteiger partial charge is 0.346 e. The zero-order valence-corrected chi connectivity index (χ0v) is 8.40. The van der Waals surface area contributed by atoms with Crippen molar-refractivity contribution in [2.24, 2.45) is 0 Å². The first-order valence-corrected chi connectivity index (χ1v) is 4.57. The van der Waals surface area contributed by atoms with Gasteiger partial charge in [0.05, 0.1) is 6.04 Å². The van der Waals surface area contributed by atoms with E-state index < -0.39 is 0 Å². The molecule has 0 aliphatic heterocycles. The number of amides is 1. The molecule has 0 fully saturated rings. The second-order valence-corrected chi connectivity index (χ2v) is 3.01. The van der Waals surface area contributed by atoms with Gasteiger partial charge in [-0.25, -0.2) is 0 Å². The molecule has 0 saturated carbocycles. The van der Waals surface area contributed by atoms with E-state index >= 15 is 0 Å². The Morgan fingerprint density at radius 1 is 1.50 bits per heavy atom. The van der Waals surface area contributed by atoms with E-state index in [1.807, 2.05) is 26.0 Å². The summed E-state index contributed by atoms with van der Waals surface area (Å²) in [5, 5.41) is 2.84. The SMILES string of the molecule is C/C=C/C(=O)N[C@H](C)c1ccncc1. The summed E-state index contributed by atoms with van der Waals surface area (Å²) < 4.78 is 0. The molecule has 1 N–H and O–H groups in total. The molecule has 1 heterocycles. The minimum Gasteiger partial charge on any atom is -0.346 e. The van der Waals surface area contributed by atoms with E-state index in [0.717, 1.165) is 5.56 Å². The predicted octanol–water partition coefficient (Wildman–Crippen LogP) is 1.83. The zero-order chi connectivity index (χ0) is 10.4. The molecule has 0 saturated heterocycles. The number of carbonyl (C=O) groups excluding carboxylic acids is 1. The first-order valence-electron chi connectivity index (χ1n) is 4.57. The summed E-state index contributed by atoms with van der Waals surface area (Å²) in [6.07, 6.45) is 6.66. The van der Waals surface area contributed by atoms with E-state index in [0.29, 0.717) is 0 Å². The molecule has 14 heavy (non-hydrogen) atoms. The molecule has 0 aliphatic carbocycles. The predicted molar refractivity (Wildman–Crippen MR) is 55.6 cm³/mol. The molecular weight excluding hydrogens is 176 g/mol. The maximum atomic E-state index is 11.2. The van der Waals surface area contributed by atoms with Crippen LogP contribution in [0.15, 0.2) is 36.7 Å². The topological polar surface area (TPSA) is 42.0 Å². The average Bonchev–Trinajstić information content (AvgIpc) is 2.19. The molecule has 3 nitrogen and oxygen atoms in total. The fourth-order valence-electron chi connectivity index (χ4n) is 1.15. The highest BCUT2D eigenvalue weighted by Gasteiger charge is 2.05. The molecule has 0 radical (unpaired) electrons. The van der Waals surface area contributed by atoms with Crippen LogP contribution in [0.4, 0.5) is 0 Å². The average molecular weight is 190 g/mol. The Labute approximate surface area is 83.9 Å². The monoisotopic (exact) mass is 190 g/mol. The van der Waals surface area contributed by atoms with Crippen molar-refractivity contribution in [1.82, 2.24) is 10.3 Å². The Hall–Kier alpha value is -1.64. The summed E-state index contributed by atoms with van der Waals surface area (Å²) in [7, 11) is 0. The highest BCUT2D eigenvalue weighted by atomic mass is 16.1. The molecule has 1 atom stereocenters. The molecule has 3 heteroatoms. The molecule has 0 bridgehead atoms. The summed E-state index contributed by atoms with van der Waals surface area (Å²) in [4.78, 5) is 15.1. The number of rotatable bonds is 3. The Morgan fingerprint density at radius 3 is 2.71 bits per heavy atom. The standard InChI is InChI=1S/C11H14N2O/c1-3-4-11(14)13-9(2)10-5-7-12-8-6-10/h3-9H,1-2H3,(H,13,14)/b4-3+/t9-/m1/s1. The van der Waals surface area contributed by atoms with E-state index in [2.05, 4.69) is 10.3 Å². The second kappa shape index (κ2) is 5.17. The fourth-order valence-corrected chi connectivity index (χ4v) is 1.15. The number of pyridine rings is 1. The van der Waals surface area contributed by atoms with Gasteiger partial charge < -0.3 is 5.32 Å². The van der Waals surface area contributed by atoms with E-state index in [4.69, 9.17) is 0 Å². The maximum Gasteiger partial charge on any atom is 0.244 e. The summed E-state index contributed by atoms with van der Waals surface area (Å²) in [5.74, 6) is -0.0724. The fraction of sp³-hybridized carbons (Fsp3) is 0.273. The third-order valence-corrected chi connectivity index (χ3v) is 1.88. The Bertz CT molecular complexity index is 319. The van der Waals surface area contributed by atoms with Crippen molar-refractivity contribution in [1.29, 1.82) is 0 Å². The van der Waals surface area contributed by atoms with Crippen molar-refractivity contribution in [3.8, 4) is 0 Å².